The highest BCUT2D eigenvalue weighted by molar-refractivity contribution is 5.94. The summed E-state index contributed by atoms with van der Waals surface area (Å²) >= 11 is 0. The van der Waals surface area contributed by atoms with Crippen molar-refractivity contribution in [2.45, 2.75) is 37.8 Å². The van der Waals surface area contributed by atoms with Crippen LogP contribution in [0, 0.1) is 0 Å². The molecule has 1 aliphatic carbocycles. The Bertz CT molecular complexity index is 551. The molecule has 0 amide bonds. The normalized spacial score (nSPS) is 23.5. The molecular formula is C17H22N2. The van der Waals surface area contributed by atoms with Gasteiger partial charge in [-0.25, -0.2) is 0 Å². The molecule has 2 aromatic rings. The molecule has 0 atom stereocenters. The number of hydrogen-bond acceptors (Lipinski definition) is 2. The highest BCUT2D eigenvalue weighted by Crippen LogP contribution is 2.31. The summed E-state index contributed by atoms with van der Waals surface area (Å²) in [4.78, 5) is 2.45. The Morgan fingerprint density at radius 3 is 2.42 bits per heavy atom. The van der Waals surface area contributed by atoms with Gasteiger partial charge in [-0.1, -0.05) is 36.4 Å². The number of rotatable bonds is 2. The summed E-state index contributed by atoms with van der Waals surface area (Å²) < 4.78 is 0. The molecule has 3 rings (SSSR count). The summed E-state index contributed by atoms with van der Waals surface area (Å²) in [6.45, 7) is 0. The third-order valence-corrected chi connectivity index (χ3v) is 4.44. The third-order valence-electron chi connectivity index (χ3n) is 4.44. The first-order valence-electron chi connectivity index (χ1n) is 7.22. The van der Waals surface area contributed by atoms with Gasteiger partial charge < -0.3 is 10.6 Å². The fraction of sp³-hybridized carbons (Fsp3) is 0.412. The van der Waals surface area contributed by atoms with Gasteiger partial charge in [0.1, 0.15) is 0 Å². The van der Waals surface area contributed by atoms with E-state index in [0.29, 0.717) is 12.1 Å². The van der Waals surface area contributed by atoms with E-state index in [4.69, 9.17) is 5.73 Å². The lowest BCUT2D eigenvalue weighted by Gasteiger charge is -2.35. The van der Waals surface area contributed by atoms with Crippen molar-refractivity contribution in [2.75, 3.05) is 11.9 Å². The summed E-state index contributed by atoms with van der Waals surface area (Å²) in [5.41, 5.74) is 7.35. The molecule has 1 fully saturated rings. The van der Waals surface area contributed by atoms with Crippen LogP contribution < -0.4 is 10.6 Å². The molecule has 0 unspecified atom stereocenters. The first kappa shape index (κ1) is 12.5. The van der Waals surface area contributed by atoms with Gasteiger partial charge in [-0.05, 0) is 37.1 Å². The van der Waals surface area contributed by atoms with E-state index >= 15 is 0 Å². The van der Waals surface area contributed by atoms with Crippen molar-refractivity contribution in [3.63, 3.8) is 0 Å². The molecule has 1 saturated carbocycles. The molecule has 0 saturated heterocycles. The van der Waals surface area contributed by atoms with Crippen LogP contribution in [0.25, 0.3) is 10.8 Å². The molecule has 2 heteroatoms. The summed E-state index contributed by atoms with van der Waals surface area (Å²) in [7, 11) is 2.23. The molecule has 0 aliphatic heterocycles. The van der Waals surface area contributed by atoms with Crippen molar-refractivity contribution in [2.24, 2.45) is 5.73 Å². The van der Waals surface area contributed by atoms with Crippen LogP contribution in [-0.2, 0) is 0 Å². The van der Waals surface area contributed by atoms with E-state index in [0.717, 1.165) is 12.8 Å². The molecule has 2 aromatic carbocycles. The molecule has 2 N–H and O–H groups in total. The van der Waals surface area contributed by atoms with Gasteiger partial charge in [0.2, 0.25) is 0 Å². The molecule has 1 aliphatic rings. The predicted molar refractivity (Wildman–Crippen MR) is 82.6 cm³/mol. The average molecular weight is 254 g/mol. The zero-order valence-electron chi connectivity index (χ0n) is 11.5. The predicted octanol–water partition coefficient (Wildman–Crippen LogP) is 3.55. The first-order valence-corrected chi connectivity index (χ1v) is 7.22. The standard InChI is InChI=1S/C17H22N2/c1-19(15-11-9-14(18)10-12-15)17-8-4-6-13-5-2-3-7-16(13)17/h2-8,14-15H,9-12,18H2,1H3. The van der Waals surface area contributed by atoms with Gasteiger partial charge in [0.05, 0.1) is 0 Å². The van der Waals surface area contributed by atoms with Crippen molar-refractivity contribution >= 4 is 16.5 Å². The lowest BCUT2D eigenvalue weighted by atomic mass is 9.90. The molecule has 19 heavy (non-hydrogen) atoms. The summed E-state index contributed by atoms with van der Waals surface area (Å²) in [5, 5.41) is 2.67. The molecule has 0 aromatic heterocycles. The minimum absolute atomic E-state index is 0.414. The summed E-state index contributed by atoms with van der Waals surface area (Å²) in [6.07, 6.45) is 4.72. The monoisotopic (exact) mass is 254 g/mol. The van der Waals surface area contributed by atoms with E-state index in [-0.39, 0.29) is 0 Å². The van der Waals surface area contributed by atoms with Gasteiger partial charge in [0.15, 0.2) is 0 Å². The Morgan fingerprint density at radius 1 is 0.947 bits per heavy atom. The second-order valence-electron chi connectivity index (χ2n) is 5.68. The maximum Gasteiger partial charge on any atom is 0.0445 e. The fourth-order valence-corrected chi connectivity index (χ4v) is 3.20. The van der Waals surface area contributed by atoms with Gasteiger partial charge in [0, 0.05) is 30.2 Å². The SMILES string of the molecule is CN(c1cccc2ccccc12)C1CCC(N)CC1. The van der Waals surface area contributed by atoms with Gasteiger partial charge in [-0.15, -0.1) is 0 Å². The maximum absolute atomic E-state index is 6.01. The van der Waals surface area contributed by atoms with Crippen LogP contribution in [0.1, 0.15) is 25.7 Å². The molecule has 0 radical (unpaired) electrons. The van der Waals surface area contributed by atoms with Crippen LogP contribution in [0.15, 0.2) is 42.5 Å². The number of fused-ring (bicyclic) bond motifs is 1. The Morgan fingerprint density at radius 2 is 1.63 bits per heavy atom. The van der Waals surface area contributed by atoms with Crippen molar-refractivity contribution < 1.29 is 0 Å². The van der Waals surface area contributed by atoms with Crippen LogP contribution in [0.2, 0.25) is 0 Å². The van der Waals surface area contributed by atoms with Crippen LogP contribution in [-0.4, -0.2) is 19.1 Å². The molecule has 0 spiro atoms. The van der Waals surface area contributed by atoms with Crippen LogP contribution in [0.3, 0.4) is 0 Å². The lowest BCUT2D eigenvalue weighted by molar-refractivity contribution is 0.385. The quantitative estimate of drug-likeness (QED) is 0.888. The minimum atomic E-state index is 0.414. The van der Waals surface area contributed by atoms with E-state index in [1.807, 2.05) is 0 Å². The van der Waals surface area contributed by atoms with Gasteiger partial charge in [0.25, 0.3) is 0 Å². The van der Waals surface area contributed by atoms with E-state index in [1.165, 1.54) is 29.3 Å². The van der Waals surface area contributed by atoms with Crippen LogP contribution in [0.4, 0.5) is 5.69 Å². The number of benzene rings is 2. The molecular weight excluding hydrogens is 232 g/mol. The van der Waals surface area contributed by atoms with Crippen molar-refractivity contribution in [3.8, 4) is 0 Å². The summed E-state index contributed by atoms with van der Waals surface area (Å²) in [5.74, 6) is 0. The van der Waals surface area contributed by atoms with Crippen LogP contribution in [0.5, 0.6) is 0 Å². The van der Waals surface area contributed by atoms with E-state index in [9.17, 15) is 0 Å². The van der Waals surface area contributed by atoms with E-state index in [1.54, 1.807) is 0 Å². The number of nitrogens with two attached hydrogens (primary N) is 1. The first-order chi connectivity index (χ1) is 9.25. The largest absolute Gasteiger partial charge is 0.371 e. The lowest BCUT2D eigenvalue weighted by Crippen LogP contribution is -2.38. The second-order valence-corrected chi connectivity index (χ2v) is 5.68. The maximum atomic E-state index is 6.01. The van der Waals surface area contributed by atoms with Crippen LogP contribution >= 0.6 is 0 Å². The molecule has 0 bridgehead atoms. The minimum Gasteiger partial charge on any atom is -0.371 e. The van der Waals surface area contributed by atoms with Crippen molar-refractivity contribution in [1.82, 2.24) is 0 Å². The highest BCUT2D eigenvalue weighted by atomic mass is 15.1. The highest BCUT2D eigenvalue weighted by Gasteiger charge is 2.22. The van der Waals surface area contributed by atoms with E-state index in [2.05, 4.69) is 54.4 Å². The number of anilines is 1. The van der Waals surface area contributed by atoms with Crippen molar-refractivity contribution in [3.05, 3.63) is 42.5 Å². The Hall–Kier alpha value is -1.54. The summed E-state index contributed by atoms with van der Waals surface area (Å²) in [6, 6.07) is 16.2. The Balaban J connectivity index is 1.91. The molecule has 2 nitrogen and oxygen atoms in total. The van der Waals surface area contributed by atoms with Gasteiger partial charge in [-0.2, -0.15) is 0 Å². The van der Waals surface area contributed by atoms with Gasteiger partial charge >= 0.3 is 0 Å². The Labute approximate surface area is 115 Å². The zero-order valence-corrected chi connectivity index (χ0v) is 11.5. The zero-order chi connectivity index (χ0) is 13.2. The molecule has 0 heterocycles. The topological polar surface area (TPSA) is 29.3 Å². The molecule has 100 valence electrons. The van der Waals surface area contributed by atoms with E-state index < -0.39 is 0 Å². The average Bonchev–Trinajstić information content (AvgIpc) is 2.47. The number of hydrogen-bond donors (Lipinski definition) is 1. The smallest absolute Gasteiger partial charge is 0.0445 e. The second kappa shape index (κ2) is 5.22. The Kier molecular flexibility index (Phi) is 3.43. The van der Waals surface area contributed by atoms with Gasteiger partial charge in [-0.3, -0.25) is 0 Å². The fourth-order valence-electron chi connectivity index (χ4n) is 3.20. The number of nitrogens with zero attached hydrogens (tertiary/aromatic N) is 1. The van der Waals surface area contributed by atoms with Crippen molar-refractivity contribution in [1.29, 1.82) is 0 Å². The third kappa shape index (κ3) is 2.45.